The van der Waals surface area contributed by atoms with Crippen LogP contribution in [0, 0.1) is 5.82 Å². The molecule has 2 aliphatic heterocycles. The van der Waals surface area contributed by atoms with Gasteiger partial charge < -0.3 is 14.6 Å². The molecule has 0 saturated carbocycles. The van der Waals surface area contributed by atoms with E-state index in [0.29, 0.717) is 18.2 Å². The summed E-state index contributed by atoms with van der Waals surface area (Å²) in [4.78, 5) is 29.2. The third-order valence-corrected chi connectivity index (χ3v) is 7.30. The van der Waals surface area contributed by atoms with Gasteiger partial charge in [-0.15, -0.1) is 0 Å². The van der Waals surface area contributed by atoms with Crippen molar-refractivity contribution in [1.82, 2.24) is 19.9 Å². The predicted molar refractivity (Wildman–Crippen MR) is 158 cm³/mol. The second-order valence-electron chi connectivity index (χ2n) is 11.6. The Bertz CT molecular complexity index is 1430. The van der Waals surface area contributed by atoms with Crippen LogP contribution in [0.4, 0.5) is 10.2 Å². The van der Waals surface area contributed by atoms with Crippen LogP contribution in [-0.2, 0) is 9.53 Å². The first-order chi connectivity index (χ1) is 19.6. The average molecular weight is 561 g/mol. The summed E-state index contributed by atoms with van der Waals surface area (Å²) in [7, 11) is 0. The third-order valence-electron chi connectivity index (χ3n) is 7.30. The van der Waals surface area contributed by atoms with Crippen LogP contribution < -0.4 is 10.6 Å². The van der Waals surface area contributed by atoms with Crippen LogP contribution in [0.25, 0.3) is 17.5 Å². The maximum absolute atomic E-state index is 13.8. The number of imidazole rings is 1. The fourth-order valence-electron chi connectivity index (χ4n) is 5.39. The number of pyridine rings is 1. The van der Waals surface area contributed by atoms with Crippen LogP contribution >= 0.6 is 0 Å². The summed E-state index contributed by atoms with van der Waals surface area (Å²) < 4.78 is 21.4. The summed E-state index contributed by atoms with van der Waals surface area (Å²) >= 11 is 0. The quantitative estimate of drug-likeness (QED) is 0.256. The summed E-state index contributed by atoms with van der Waals surface area (Å²) in [5.74, 6) is 1.76. The van der Waals surface area contributed by atoms with Gasteiger partial charge in [-0.05, 0) is 69.5 Å². The molecule has 4 heterocycles. The van der Waals surface area contributed by atoms with Crippen LogP contribution in [0.3, 0.4) is 0 Å². The van der Waals surface area contributed by atoms with Gasteiger partial charge in [-0.2, -0.15) is 0 Å². The Balaban J connectivity index is 1.21. The number of esters is 1. The van der Waals surface area contributed by atoms with Gasteiger partial charge in [0.15, 0.2) is 0 Å². The Morgan fingerprint density at radius 3 is 2.73 bits per heavy atom. The highest BCUT2D eigenvalue weighted by Crippen LogP contribution is 2.29. The minimum Gasteiger partial charge on any atom is -0.459 e. The van der Waals surface area contributed by atoms with Gasteiger partial charge >= 0.3 is 5.97 Å². The van der Waals surface area contributed by atoms with E-state index < -0.39 is 5.60 Å². The number of ether oxygens (including phenoxy) is 1. The fourth-order valence-corrected chi connectivity index (χ4v) is 5.39. The lowest BCUT2D eigenvalue weighted by atomic mass is 10.1. The number of benzene rings is 1. The van der Waals surface area contributed by atoms with Crippen LogP contribution in [-0.4, -0.2) is 81.1 Å². The highest BCUT2D eigenvalue weighted by Gasteiger charge is 2.28. The zero-order valence-corrected chi connectivity index (χ0v) is 24.0. The van der Waals surface area contributed by atoms with Crippen molar-refractivity contribution in [3.63, 3.8) is 0 Å². The van der Waals surface area contributed by atoms with Gasteiger partial charge in [0.1, 0.15) is 29.1 Å². The van der Waals surface area contributed by atoms with E-state index in [1.807, 2.05) is 57.2 Å². The summed E-state index contributed by atoms with van der Waals surface area (Å²) in [6.45, 7) is 9.85. The zero-order chi connectivity index (χ0) is 29.0. The molecule has 0 aliphatic carbocycles. The number of rotatable bonds is 7. The maximum Gasteiger partial charge on any atom is 0.320 e. The van der Waals surface area contributed by atoms with E-state index in [1.54, 1.807) is 18.3 Å². The fraction of sp³-hybridized carbons (Fsp3) is 0.419. The van der Waals surface area contributed by atoms with Crippen LogP contribution in [0.5, 0.6) is 0 Å². The molecule has 2 saturated heterocycles. The highest BCUT2D eigenvalue weighted by atomic mass is 19.1. The van der Waals surface area contributed by atoms with E-state index in [1.165, 1.54) is 6.07 Å². The predicted octanol–water partition coefficient (Wildman–Crippen LogP) is 3.99. The number of hydrogen-bond donors (Lipinski definition) is 2. The number of nitrogens with zero attached hydrogens (tertiary/aromatic N) is 5. The first kappa shape index (κ1) is 28.5. The Kier molecular flexibility index (Phi) is 8.49. The smallest absolute Gasteiger partial charge is 0.320 e. The lowest BCUT2D eigenvalue weighted by Crippen LogP contribution is -2.49. The molecular formula is C31H39FN7O2+. The van der Waals surface area contributed by atoms with Crippen molar-refractivity contribution in [1.29, 1.82) is 0 Å². The van der Waals surface area contributed by atoms with Gasteiger partial charge in [0.2, 0.25) is 0 Å². The van der Waals surface area contributed by atoms with E-state index in [2.05, 4.69) is 24.3 Å². The van der Waals surface area contributed by atoms with Crippen LogP contribution in [0.1, 0.15) is 51.0 Å². The second kappa shape index (κ2) is 12.2. The molecule has 2 aromatic heterocycles. The van der Waals surface area contributed by atoms with Crippen molar-refractivity contribution in [2.24, 2.45) is 5.73 Å². The van der Waals surface area contributed by atoms with Crippen molar-refractivity contribution in [2.45, 2.75) is 45.3 Å². The average Bonchev–Trinajstić information content (AvgIpc) is 3.62. The first-order valence-electron chi connectivity index (χ1n) is 14.2. The molecule has 41 heavy (non-hydrogen) atoms. The Morgan fingerprint density at radius 1 is 1.20 bits per heavy atom. The molecule has 2 fully saturated rings. The largest absolute Gasteiger partial charge is 0.459 e. The van der Waals surface area contributed by atoms with E-state index >= 15 is 0 Å². The number of piperazine rings is 1. The summed E-state index contributed by atoms with van der Waals surface area (Å²) in [5, 5.41) is 0. The van der Waals surface area contributed by atoms with E-state index in [0.717, 1.165) is 68.3 Å². The van der Waals surface area contributed by atoms with Gasteiger partial charge in [0.25, 0.3) is 5.84 Å². The molecule has 0 bridgehead atoms. The highest BCUT2D eigenvalue weighted by molar-refractivity contribution is 5.91. The van der Waals surface area contributed by atoms with Crippen molar-refractivity contribution in [3.05, 3.63) is 71.9 Å². The van der Waals surface area contributed by atoms with Gasteiger partial charge in [-0.25, -0.2) is 14.4 Å². The summed E-state index contributed by atoms with van der Waals surface area (Å²) in [5.41, 5.74) is 8.53. The molecule has 0 amide bonds. The normalized spacial score (nSPS) is 19.6. The Labute approximate surface area is 240 Å². The van der Waals surface area contributed by atoms with Crippen molar-refractivity contribution in [2.75, 3.05) is 44.2 Å². The molecule has 9 nitrogen and oxygen atoms in total. The van der Waals surface area contributed by atoms with E-state index in [4.69, 9.17) is 15.5 Å². The molecule has 216 valence electrons. The third kappa shape index (κ3) is 7.38. The molecule has 0 spiro atoms. The molecule has 0 unspecified atom stereocenters. The number of halogens is 1. The number of hydrogen-bond acceptors (Lipinski definition) is 6. The minimum absolute atomic E-state index is 0.0635. The summed E-state index contributed by atoms with van der Waals surface area (Å²) in [6, 6.07) is 12.8. The number of nitrogens with one attached hydrogen (secondary N) is 1. The molecule has 1 aromatic carbocycles. The van der Waals surface area contributed by atoms with Crippen molar-refractivity contribution in [3.8, 4) is 11.4 Å². The van der Waals surface area contributed by atoms with E-state index in [-0.39, 0.29) is 17.8 Å². The Morgan fingerprint density at radius 2 is 1.98 bits per heavy atom. The molecule has 0 radical (unpaired) electrons. The van der Waals surface area contributed by atoms with Crippen LogP contribution in [0.2, 0.25) is 0 Å². The van der Waals surface area contributed by atoms with Gasteiger partial charge in [0, 0.05) is 32.3 Å². The number of carbonyl (C=O) groups is 1. The maximum atomic E-state index is 13.8. The number of H-pyrrole nitrogens is 1. The molecule has 3 aromatic rings. The topological polar surface area (TPSA) is 103 Å². The number of aromatic amines is 1. The molecule has 3 N–H and O–H groups in total. The Hall–Kier alpha value is -4.05. The van der Waals surface area contributed by atoms with Gasteiger partial charge in [-0.3, -0.25) is 20.0 Å². The minimum atomic E-state index is -0.475. The zero-order valence-electron chi connectivity index (χ0n) is 24.0. The monoisotopic (exact) mass is 560 g/mol. The molecule has 10 heteroatoms. The van der Waals surface area contributed by atoms with E-state index in [9.17, 15) is 9.18 Å². The second-order valence-corrected chi connectivity index (χ2v) is 11.6. The summed E-state index contributed by atoms with van der Waals surface area (Å²) in [6.07, 6.45) is 7.41. The van der Waals surface area contributed by atoms with Crippen molar-refractivity contribution >= 4 is 23.7 Å². The molecule has 5 rings (SSSR count). The number of aromatic nitrogens is 3. The number of anilines is 1. The van der Waals surface area contributed by atoms with Gasteiger partial charge in [0.05, 0.1) is 30.7 Å². The first-order valence-corrected chi connectivity index (χ1v) is 14.2. The van der Waals surface area contributed by atoms with Crippen molar-refractivity contribution < 1.29 is 18.5 Å². The molecule has 1 atom stereocenters. The molecule has 2 aliphatic rings. The number of carbonyl (C=O) groups excluding carboxylic acids is 1. The standard InChI is InChI=1S/C31H38FN7O2/c1-31(2,3)41-30(40)21-37-15-17-38(18-16-37)29-11-5-9-24(36-29)25-20-34-28(35-25)13-12-27(33)39-14-6-10-26(39)22-7-4-8-23(32)19-22/h4-5,7-9,11-13,19-20,26H,6,10,14-18,21H2,1-3H3,(H2,33,34,35,36)/p+1/t26-/m1/s1. The van der Waals surface area contributed by atoms with Gasteiger partial charge in [-0.1, -0.05) is 18.2 Å². The number of amidine groups is 1. The van der Waals surface area contributed by atoms with Crippen LogP contribution in [0.15, 0.2) is 54.7 Å². The number of nitrogens with two attached hydrogens (primary N) is 1. The lowest BCUT2D eigenvalue weighted by Gasteiger charge is -2.35. The SMILES string of the molecule is CC(C)(C)OC(=O)CN1CCN(c2cccc(-c3cnc(/C=C\C(N)=[N+]4CCC[C@@H]4c4cccc(F)c4)[nH]3)n2)CC1. The molecular weight excluding hydrogens is 521 g/mol. The lowest BCUT2D eigenvalue weighted by molar-refractivity contribution is -0.550.